The smallest absolute Gasteiger partial charge is 0.416 e. The number of benzene rings is 2. The molecule has 0 bridgehead atoms. The average molecular weight is 352 g/mol. The van der Waals surface area contributed by atoms with Gasteiger partial charge in [0.15, 0.2) is 11.5 Å². The van der Waals surface area contributed by atoms with Gasteiger partial charge in [-0.05, 0) is 42.8 Å². The van der Waals surface area contributed by atoms with Crippen molar-refractivity contribution in [3.63, 3.8) is 0 Å². The zero-order valence-electron chi connectivity index (χ0n) is 14.0. The molecule has 0 atom stereocenters. The van der Waals surface area contributed by atoms with Crippen molar-refractivity contribution >= 4 is 6.08 Å². The van der Waals surface area contributed by atoms with E-state index in [9.17, 15) is 13.2 Å². The molecule has 0 aliphatic carbocycles. The largest absolute Gasteiger partial charge is 0.493 e. The molecule has 2 aromatic rings. The van der Waals surface area contributed by atoms with Crippen molar-refractivity contribution in [2.24, 2.45) is 0 Å². The van der Waals surface area contributed by atoms with Crippen molar-refractivity contribution in [1.82, 2.24) is 0 Å². The molecule has 0 N–H and O–H groups in total. The van der Waals surface area contributed by atoms with Crippen molar-refractivity contribution in [2.45, 2.75) is 13.1 Å². The first-order valence-corrected chi connectivity index (χ1v) is 7.67. The Morgan fingerprint density at radius 2 is 1.72 bits per heavy atom. The molecule has 2 rings (SSSR count). The van der Waals surface area contributed by atoms with Gasteiger partial charge in [0.2, 0.25) is 0 Å². The summed E-state index contributed by atoms with van der Waals surface area (Å²) in [6.45, 7) is 2.21. The number of hydrogen-bond acceptors (Lipinski definition) is 3. The van der Waals surface area contributed by atoms with Crippen LogP contribution in [0.2, 0.25) is 0 Å². The van der Waals surface area contributed by atoms with Crippen LogP contribution in [0.1, 0.15) is 18.1 Å². The predicted molar refractivity (Wildman–Crippen MR) is 90.1 cm³/mol. The van der Waals surface area contributed by atoms with Gasteiger partial charge in [-0.3, -0.25) is 0 Å². The number of alkyl halides is 3. The molecule has 134 valence electrons. The Morgan fingerprint density at radius 1 is 0.960 bits per heavy atom. The Kier molecular flexibility index (Phi) is 6.33. The molecule has 0 spiro atoms. The van der Waals surface area contributed by atoms with E-state index in [0.29, 0.717) is 11.5 Å². The molecule has 6 heteroatoms. The minimum atomic E-state index is -4.39. The maximum atomic E-state index is 12.6. The van der Waals surface area contributed by atoms with Gasteiger partial charge in [0.05, 0.1) is 12.7 Å². The van der Waals surface area contributed by atoms with E-state index in [-0.39, 0.29) is 19.0 Å². The molecule has 0 aliphatic heterocycles. The molecule has 0 heterocycles. The molecule has 0 aliphatic rings. The minimum Gasteiger partial charge on any atom is -0.493 e. The highest BCUT2D eigenvalue weighted by Crippen LogP contribution is 2.31. The first-order chi connectivity index (χ1) is 11.9. The lowest BCUT2D eigenvalue weighted by Crippen LogP contribution is -2.10. The molecule has 3 nitrogen and oxygen atoms in total. The van der Waals surface area contributed by atoms with E-state index in [1.165, 1.54) is 12.1 Å². The summed E-state index contributed by atoms with van der Waals surface area (Å²) >= 11 is 0. The molecule has 0 unspecified atom stereocenters. The summed E-state index contributed by atoms with van der Waals surface area (Å²) in [5.74, 6) is 1.27. The molecule has 0 fully saturated rings. The van der Waals surface area contributed by atoms with Crippen molar-refractivity contribution in [3.8, 4) is 17.2 Å². The fourth-order valence-corrected chi connectivity index (χ4v) is 2.17. The monoisotopic (exact) mass is 352 g/mol. The number of rotatable bonds is 7. The molecule has 0 aromatic heterocycles. The van der Waals surface area contributed by atoms with Crippen LogP contribution in [0, 0.1) is 0 Å². The van der Waals surface area contributed by atoms with Crippen LogP contribution in [-0.2, 0) is 6.18 Å². The summed E-state index contributed by atoms with van der Waals surface area (Å²) in [5.41, 5.74) is 0.235. The zero-order chi connectivity index (χ0) is 18.3. The van der Waals surface area contributed by atoms with Crippen molar-refractivity contribution in [1.29, 1.82) is 0 Å². The van der Waals surface area contributed by atoms with Crippen molar-refractivity contribution in [2.75, 3.05) is 20.3 Å². The van der Waals surface area contributed by atoms with Crippen LogP contribution >= 0.6 is 0 Å². The molecule has 2 aromatic carbocycles. The quantitative estimate of drug-likeness (QED) is 0.641. The topological polar surface area (TPSA) is 27.7 Å². The minimum absolute atomic E-state index is 0.112. The van der Waals surface area contributed by atoms with E-state index in [1.54, 1.807) is 13.2 Å². The Morgan fingerprint density at radius 3 is 2.40 bits per heavy atom. The predicted octanol–water partition coefficient (Wildman–Crippen LogP) is 5.20. The van der Waals surface area contributed by atoms with Crippen LogP contribution in [0.3, 0.4) is 0 Å². The highest BCUT2D eigenvalue weighted by molar-refractivity contribution is 5.55. The standard InChI is InChI=1S/C19H19F3O3/c1-3-5-14-8-9-17(18(12-14)23-2)25-11-10-24-16-7-4-6-15(13-16)19(20,21)22/h3-9,12-13H,10-11H2,1-2H3/b5-3+. The molecular formula is C19H19F3O3. The van der Waals surface area contributed by atoms with Crippen LogP contribution in [0.4, 0.5) is 13.2 Å². The fourth-order valence-electron chi connectivity index (χ4n) is 2.17. The molecule has 0 saturated heterocycles. The Bertz CT molecular complexity index is 724. The number of methoxy groups -OCH3 is 1. The number of hydrogen-bond donors (Lipinski definition) is 0. The van der Waals surface area contributed by atoms with Crippen LogP contribution in [-0.4, -0.2) is 20.3 Å². The highest BCUT2D eigenvalue weighted by atomic mass is 19.4. The summed E-state index contributed by atoms with van der Waals surface area (Å²) in [5, 5.41) is 0. The second-order valence-electron chi connectivity index (χ2n) is 5.13. The summed E-state index contributed by atoms with van der Waals surface area (Å²) in [7, 11) is 1.54. The van der Waals surface area contributed by atoms with Crippen LogP contribution in [0.15, 0.2) is 48.5 Å². The van der Waals surface area contributed by atoms with Crippen LogP contribution < -0.4 is 14.2 Å². The summed E-state index contributed by atoms with van der Waals surface area (Å²) in [6, 6.07) is 10.2. The molecule has 25 heavy (non-hydrogen) atoms. The Balaban J connectivity index is 1.91. The zero-order valence-corrected chi connectivity index (χ0v) is 14.0. The highest BCUT2D eigenvalue weighted by Gasteiger charge is 2.30. The number of allylic oxidation sites excluding steroid dienone is 1. The van der Waals surface area contributed by atoms with Gasteiger partial charge >= 0.3 is 6.18 Å². The molecule has 0 radical (unpaired) electrons. The molecule has 0 amide bonds. The lowest BCUT2D eigenvalue weighted by molar-refractivity contribution is -0.137. The number of halogens is 3. The summed E-state index contributed by atoms with van der Waals surface area (Å²) in [4.78, 5) is 0. The molecule has 0 saturated carbocycles. The van der Waals surface area contributed by atoms with E-state index in [0.717, 1.165) is 17.7 Å². The molecular weight excluding hydrogens is 333 g/mol. The van der Waals surface area contributed by atoms with E-state index >= 15 is 0 Å². The van der Waals surface area contributed by atoms with Gasteiger partial charge in [0.1, 0.15) is 19.0 Å². The van der Waals surface area contributed by atoms with Gasteiger partial charge in [0, 0.05) is 0 Å². The SMILES string of the molecule is C/C=C/c1ccc(OCCOc2cccc(C(F)(F)F)c2)c(OC)c1. The third-order valence-electron chi connectivity index (χ3n) is 3.32. The lowest BCUT2D eigenvalue weighted by Gasteiger charge is -2.13. The van der Waals surface area contributed by atoms with Gasteiger partial charge in [0.25, 0.3) is 0 Å². The number of ether oxygens (including phenoxy) is 3. The van der Waals surface area contributed by atoms with E-state index < -0.39 is 11.7 Å². The van der Waals surface area contributed by atoms with Gasteiger partial charge in [-0.25, -0.2) is 0 Å². The van der Waals surface area contributed by atoms with Crippen molar-refractivity contribution < 1.29 is 27.4 Å². The first kappa shape index (κ1) is 18.7. The van der Waals surface area contributed by atoms with Gasteiger partial charge in [-0.2, -0.15) is 13.2 Å². The van der Waals surface area contributed by atoms with Crippen LogP contribution in [0.25, 0.3) is 6.08 Å². The first-order valence-electron chi connectivity index (χ1n) is 7.67. The lowest BCUT2D eigenvalue weighted by atomic mass is 10.2. The van der Waals surface area contributed by atoms with Gasteiger partial charge in [-0.1, -0.05) is 24.3 Å². The van der Waals surface area contributed by atoms with Gasteiger partial charge < -0.3 is 14.2 Å². The fraction of sp³-hybridized carbons (Fsp3) is 0.263. The van der Waals surface area contributed by atoms with Crippen LogP contribution in [0.5, 0.6) is 17.2 Å². The van der Waals surface area contributed by atoms with Crippen molar-refractivity contribution in [3.05, 3.63) is 59.7 Å². The van der Waals surface area contributed by atoms with E-state index in [2.05, 4.69) is 0 Å². The normalized spacial score (nSPS) is 11.6. The third kappa shape index (κ3) is 5.45. The Labute approximate surface area is 144 Å². The average Bonchev–Trinajstić information content (AvgIpc) is 2.59. The van der Waals surface area contributed by atoms with Gasteiger partial charge in [-0.15, -0.1) is 0 Å². The van der Waals surface area contributed by atoms with E-state index in [4.69, 9.17) is 14.2 Å². The second kappa shape index (κ2) is 8.46. The third-order valence-corrected chi connectivity index (χ3v) is 3.32. The Hall–Kier alpha value is -2.63. The second-order valence-corrected chi connectivity index (χ2v) is 5.13. The van der Waals surface area contributed by atoms with E-state index in [1.807, 2.05) is 31.2 Å². The maximum absolute atomic E-state index is 12.6. The summed E-state index contributed by atoms with van der Waals surface area (Å²) < 4.78 is 54.1. The summed E-state index contributed by atoms with van der Waals surface area (Å²) in [6.07, 6.45) is -0.542. The maximum Gasteiger partial charge on any atom is 0.416 e.